The third kappa shape index (κ3) is 8.56. The summed E-state index contributed by atoms with van der Waals surface area (Å²) >= 11 is 0. The van der Waals surface area contributed by atoms with E-state index in [2.05, 4.69) is 6.92 Å². The van der Waals surface area contributed by atoms with Gasteiger partial charge in [0.05, 0.1) is 0 Å². The number of hydrogen-bond donors (Lipinski definition) is 0. The Bertz CT molecular complexity index is 583. The van der Waals surface area contributed by atoms with Gasteiger partial charge in [-0.15, -0.1) is 0 Å². The fourth-order valence-electron chi connectivity index (χ4n) is 4.06. The van der Waals surface area contributed by atoms with Gasteiger partial charge in [-0.2, -0.15) is 0 Å². The number of rotatable bonds is 17. The zero-order valence-electron chi connectivity index (χ0n) is 19.1. The van der Waals surface area contributed by atoms with Crippen LogP contribution in [0.4, 0.5) is 13.2 Å². The molecule has 0 spiro atoms. The lowest BCUT2D eigenvalue weighted by Crippen LogP contribution is -2.44. The Hall–Kier alpha value is -1.11. The van der Waals surface area contributed by atoms with Crippen LogP contribution in [0.15, 0.2) is 12.1 Å². The number of benzene rings is 1. The van der Waals surface area contributed by atoms with E-state index < -0.39 is 23.4 Å². The molecule has 1 aromatic rings. The highest BCUT2D eigenvalue weighted by atomic mass is 19.2. The molecule has 0 heterocycles. The molecule has 1 atom stereocenters. The minimum Gasteiger partial charge on any atom is -0.331 e. The molecule has 0 saturated heterocycles. The minimum atomic E-state index is -1.15. The molecule has 0 aliphatic heterocycles. The second-order valence-electron chi connectivity index (χ2n) is 7.93. The zero-order chi connectivity index (χ0) is 22.4. The van der Waals surface area contributed by atoms with E-state index in [9.17, 15) is 13.2 Å². The van der Waals surface area contributed by atoms with Crippen molar-refractivity contribution in [2.24, 2.45) is 5.92 Å². The number of methoxy groups -OCH3 is 3. The fourth-order valence-corrected chi connectivity index (χ4v) is 4.06. The van der Waals surface area contributed by atoms with Gasteiger partial charge in [0.1, 0.15) is 5.82 Å². The zero-order valence-corrected chi connectivity index (χ0v) is 19.1. The van der Waals surface area contributed by atoms with Crippen molar-refractivity contribution in [2.45, 2.75) is 89.9 Å². The first-order valence-corrected chi connectivity index (χ1v) is 11.2. The van der Waals surface area contributed by atoms with Gasteiger partial charge in [0.25, 0.3) is 5.97 Å². The quantitative estimate of drug-likeness (QED) is 0.148. The molecule has 0 fully saturated rings. The van der Waals surface area contributed by atoms with E-state index in [-0.39, 0.29) is 11.5 Å². The maximum Gasteiger partial charge on any atom is 0.285 e. The monoisotopic (exact) mass is 432 g/mol. The molecule has 0 aliphatic rings. The Morgan fingerprint density at radius 2 is 1.20 bits per heavy atom. The number of ether oxygens (including phenoxy) is 3. The Labute approximate surface area is 180 Å². The molecule has 1 rings (SSSR count). The first kappa shape index (κ1) is 26.9. The van der Waals surface area contributed by atoms with E-state index in [1.54, 1.807) is 21.3 Å². The van der Waals surface area contributed by atoms with Gasteiger partial charge in [0.2, 0.25) is 0 Å². The highest BCUT2D eigenvalue weighted by Gasteiger charge is 2.39. The van der Waals surface area contributed by atoms with E-state index in [1.807, 2.05) is 0 Å². The van der Waals surface area contributed by atoms with Crippen LogP contribution in [-0.4, -0.2) is 27.3 Å². The molecule has 0 saturated carbocycles. The Kier molecular flexibility index (Phi) is 13.3. The van der Waals surface area contributed by atoms with Crippen LogP contribution < -0.4 is 0 Å². The molecule has 0 amide bonds. The van der Waals surface area contributed by atoms with Gasteiger partial charge in [-0.05, 0) is 37.3 Å². The third-order valence-electron chi connectivity index (χ3n) is 5.85. The second-order valence-corrected chi connectivity index (χ2v) is 7.93. The van der Waals surface area contributed by atoms with Crippen molar-refractivity contribution in [2.75, 3.05) is 21.3 Å². The number of hydrogen-bond acceptors (Lipinski definition) is 3. The molecule has 174 valence electrons. The molecule has 0 aliphatic carbocycles. The lowest BCUT2D eigenvalue weighted by atomic mass is 9.91. The van der Waals surface area contributed by atoms with Crippen molar-refractivity contribution in [3.63, 3.8) is 0 Å². The van der Waals surface area contributed by atoms with Crippen LogP contribution >= 0.6 is 0 Å². The summed E-state index contributed by atoms with van der Waals surface area (Å²) in [7, 11) is 4.77. The van der Waals surface area contributed by atoms with E-state index in [1.165, 1.54) is 32.1 Å². The average Bonchev–Trinajstić information content (AvgIpc) is 2.74. The smallest absolute Gasteiger partial charge is 0.285 e. The summed E-state index contributed by atoms with van der Waals surface area (Å²) in [5.74, 6) is -3.81. The number of unbranched alkanes of at least 4 members (excludes halogenated alkanes) is 7. The Balaban J connectivity index is 2.51. The number of aryl methyl sites for hydroxylation is 1. The van der Waals surface area contributed by atoms with Crippen LogP contribution in [0.1, 0.15) is 83.1 Å². The van der Waals surface area contributed by atoms with Crippen molar-refractivity contribution >= 4 is 0 Å². The Morgan fingerprint density at radius 1 is 0.700 bits per heavy atom. The van der Waals surface area contributed by atoms with Gasteiger partial charge in [-0.1, -0.05) is 58.3 Å². The van der Waals surface area contributed by atoms with Crippen LogP contribution in [0.2, 0.25) is 0 Å². The predicted octanol–water partition coefficient (Wildman–Crippen LogP) is 7.17. The predicted molar refractivity (Wildman–Crippen MR) is 114 cm³/mol. The molecular weight excluding hydrogens is 393 g/mol. The van der Waals surface area contributed by atoms with E-state index in [0.29, 0.717) is 18.9 Å². The van der Waals surface area contributed by atoms with Crippen LogP contribution in [0.25, 0.3) is 0 Å². The van der Waals surface area contributed by atoms with E-state index in [4.69, 9.17) is 14.2 Å². The first-order chi connectivity index (χ1) is 14.4. The van der Waals surface area contributed by atoms with Crippen LogP contribution in [0, 0.1) is 23.4 Å². The summed E-state index contributed by atoms with van der Waals surface area (Å²) in [5.41, 5.74) is 0.220. The lowest BCUT2D eigenvalue weighted by Gasteiger charge is -2.36. The summed E-state index contributed by atoms with van der Waals surface area (Å²) in [6.07, 6.45) is 11.9. The summed E-state index contributed by atoms with van der Waals surface area (Å²) in [4.78, 5) is 0. The van der Waals surface area contributed by atoms with Crippen molar-refractivity contribution < 1.29 is 27.4 Å². The fraction of sp³-hybridized carbons (Fsp3) is 0.750. The Morgan fingerprint density at radius 3 is 1.77 bits per heavy atom. The van der Waals surface area contributed by atoms with Gasteiger partial charge in [-0.3, -0.25) is 0 Å². The second kappa shape index (κ2) is 14.8. The van der Waals surface area contributed by atoms with E-state index >= 15 is 0 Å². The molecule has 0 radical (unpaired) electrons. The minimum absolute atomic E-state index is 0.0867. The molecule has 6 heteroatoms. The number of halogens is 3. The highest BCUT2D eigenvalue weighted by Crippen LogP contribution is 2.33. The molecule has 1 unspecified atom stereocenters. The average molecular weight is 433 g/mol. The van der Waals surface area contributed by atoms with Gasteiger partial charge in [-0.25, -0.2) is 13.2 Å². The van der Waals surface area contributed by atoms with Crippen LogP contribution in [-0.2, 0) is 20.6 Å². The summed E-state index contributed by atoms with van der Waals surface area (Å²) in [6.45, 7) is 2.21. The third-order valence-corrected chi connectivity index (χ3v) is 5.85. The molecule has 30 heavy (non-hydrogen) atoms. The maximum atomic E-state index is 13.8. The van der Waals surface area contributed by atoms with Crippen LogP contribution in [0.3, 0.4) is 0 Å². The lowest BCUT2D eigenvalue weighted by molar-refractivity contribution is -0.380. The molecule has 1 aromatic carbocycles. The summed E-state index contributed by atoms with van der Waals surface area (Å²) in [6, 6.07) is 1.57. The maximum absolute atomic E-state index is 13.8. The SMILES string of the molecule is CCCCCCCCC(CCCCCc1cc(F)c(F)cc1F)C(OC)(OC)OC. The van der Waals surface area contributed by atoms with Gasteiger partial charge in [0, 0.05) is 33.3 Å². The van der Waals surface area contributed by atoms with Crippen molar-refractivity contribution in [1.82, 2.24) is 0 Å². The summed E-state index contributed by atoms with van der Waals surface area (Å²) < 4.78 is 56.9. The van der Waals surface area contributed by atoms with Gasteiger partial charge in [0.15, 0.2) is 11.6 Å². The van der Waals surface area contributed by atoms with Crippen molar-refractivity contribution in [3.8, 4) is 0 Å². The highest BCUT2D eigenvalue weighted by molar-refractivity contribution is 5.20. The van der Waals surface area contributed by atoms with Gasteiger partial charge < -0.3 is 14.2 Å². The molecule has 0 aromatic heterocycles. The van der Waals surface area contributed by atoms with Crippen molar-refractivity contribution in [1.29, 1.82) is 0 Å². The largest absolute Gasteiger partial charge is 0.331 e. The molecular formula is C24H39F3O3. The first-order valence-electron chi connectivity index (χ1n) is 11.2. The van der Waals surface area contributed by atoms with E-state index in [0.717, 1.165) is 38.2 Å². The normalized spacial score (nSPS) is 13.0. The summed E-state index contributed by atoms with van der Waals surface area (Å²) in [5, 5.41) is 0. The molecule has 3 nitrogen and oxygen atoms in total. The molecule has 0 bridgehead atoms. The molecule has 0 N–H and O–H groups in total. The van der Waals surface area contributed by atoms with Gasteiger partial charge >= 0.3 is 0 Å². The van der Waals surface area contributed by atoms with Crippen LogP contribution in [0.5, 0.6) is 0 Å². The van der Waals surface area contributed by atoms with Crippen molar-refractivity contribution in [3.05, 3.63) is 35.1 Å². The topological polar surface area (TPSA) is 27.7 Å². The standard InChI is InChI=1S/C24H39F3O3/c1-5-6-7-8-9-12-15-20(24(28-2,29-3)30-4)16-13-10-11-14-19-17-22(26)23(27)18-21(19)25/h17-18,20H,5-16H2,1-4H3.